The summed E-state index contributed by atoms with van der Waals surface area (Å²) in [5, 5.41) is 3.48. The fourth-order valence-corrected chi connectivity index (χ4v) is 5.68. The van der Waals surface area contributed by atoms with E-state index in [2.05, 4.69) is 15.0 Å². The molecule has 0 aliphatic carbocycles. The number of benzene rings is 2. The summed E-state index contributed by atoms with van der Waals surface area (Å²) in [7, 11) is -3.68. The van der Waals surface area contributed by atoms with Gasteiger partial charge >= 0.3 is 10.2 Å². The molecule has 8 nitrogen and oxygen atoms in total. The highest BCUT2D eigenvalue weighted by Gasteiger charge is 2.29. The van der Waals surface area contributed by atoms with E-state index in [4.69, 9.17) is 5.73 Å². The first-order valence-corrected chi connectivity index (χ1v) is 12.3. The van der Waals surface area contributed by atoms with Crippen molar-refractivity contribution in [3.8, 4) is 0 Å². The quantitative estimate of drug-likeness (QED) is 0.434. The highest BCUT2D eigenvalue weighted by Crippen LogP contribution is 2.30. The van der Waals surface area contributed by atoms with Crippen LogP contribution < -0.4 is 15.8 Å². The third-order valence-electron chi connectivity index (χ3n) is 5.19. The Balaban J connectivity index is 1.39. The number of aromatic nitrogens is 1. The fraction of sp³-hybridized carbons (Fsp3) is 0.238. The molecule has 1 saturated heterocycles. The molecule has 4 rings (SSSR count). The number of nitrogen functional groups attached to an aromatic ring is 1. The van der Waals surface area contributed by atoms with E-state index in [1.165, 1.54) is 10.4 Å². The number of piperidine rings is 1. The molecule has 0 amide bonds. The summed E-state index contributed by atoms with van der Waals surface area (Å²) in [6, 6.07) is 11.7. The summed E-state index contributed by atoms with van der Waals surface area (Å²) in [5.41, 5.74) is 5.64. The first-order valence-electron chi connectivity index (χ1n) is 10.1. The molecule has 1 fully saturated rings. The van der Waals surface area contributed by atoms with E-state index >= 15 is 0 Å². The van der Waals surface area contributed by atoms with Crippen LogP contribution in [0.3, 0.4) is 0 Å². The first-order chi connectivity index (χ1) is 15.7. The van der Waals surface area contributed by atoms with Gasteiger partial charge in [0.2, 0.25) is 5.78 Å². The Bertz CT molecular complexity index is 1240. The molecule has 12 heteroatoms. The van der Waals surface area contributed by atoms with Crippen molar-refractivity contribution >= 4 is 44.0 Å². The number of carbonyl (C=O) groups excluding carboxylic acids is 1. The van der Waals surface area contributed by atoms with Gasteiger partial charge in [0, 0.05) is 24.8 Å². The van der Waals surface area contributed by atoms with Gasteiger partial charge < -0.3 is 11.1 Å². The predicted octanol–water partition coefficient (Wildman–Crippen LogP) is 3.47. The minimum atomic E-state index is -3.68. The Kier molecular flexibility index (Phi) is 6.58. The lowest BCUT2D eigenvalue weighted by Gasteiger charge is -2.31. The number of hydrogen-bond donors (Lipinski definition) is 3. The van der Waals surface area contributed by atoms with Crippen molar-refractivity contribution in [1.82, 2.24) is 9.29 Å². The molecule has 0 saturated carbocycles. The number of ketones is 1. The average Bonchev–Trinajstić information content (AvgIpc) is 3.14. The van der Waals surface area contributed by atoms with Crippen LogP contribution in [-0.4, -0.2) is 42.6 Å². The second-order valence-electron chi connectivity index (χ2n) is 7.45. The standard InChI is InChI=1S/C21H21F2N5O3S2/c22-15-7-4-8-16(23)17(15)18(29)19-20(24)26-21(32-19)25-13-9-11-28(12-10-13)33(30,31)27-14-5-2-1-3-6-14/h1-8,13,27H,9-12,24H2,(H,25,26). The van der Waals surface area contributed by atoms with Crippen LogP contribution >= 0.6 is 11.3 Å². The van der Waals surface area contributed by atoms with Crippen molar-refractivity contribution in [2.45, 2.75) is 18.9 Å². The van der Waals surface area contributed by atoms with E-state index in [9.17, 15) is 22.0 Å². The Labute approximate surface area is 193 Å². The number of nitrogens with zero attached hydrogens (tertiary/aromatic N) is 2. The lowest BCUT2D eigenvalue weighted by atomic mass is 10.1. The maximum Gasteiger partial charge on any atom is 0.301 e. The number of thiazole rings is 1. The van der Waals surface area contributed by atoms with Crippen LogP contribution in [0.2, 0.25) is 0 Å². The molecular formula is C21H21F2N5O3S2. The maximum absolute atomic E-state index is 14.0. The van der Waals surface area contributed by atoms with Crippen LogP contribution in [0, 0.1) is 11.6 Å². The van der Waals surface area contributed by atoms with E-state index in [1.807, 2.05) is 0 Å². The van der Waals surface area contributed by atoms with Crippen molar-refractivity contribution < 1.29 is 22.0 Å². The predicted molar refractivity (Wildman–Crippen MR) is 124 cm³/mol. The Morgan fingerprint density at radius 1 is 1.06 bits per heavy atom. The zero-order valence-corrected chi connectivity index (χ0v) is 18.9. The highest BCUT2D eigenvalue weighted by molar-refractivity contribution is 7.90. The van der Waals surface area contributed by atoms with Gasteiger partial charge in [0.15, 0.2) is 5.13 Å². The zero-order chi connectivity index (χ0) is 23.6. The first kappa shape index (κ1) is 23.1. The molecule has 0 atom stereocenters. The van der Waals surface area contributed by atoms with Crippen molar-refractivity contribution in [3.05, 3.63) is 70.6 Å². The smallest absolute Gasteiger partial charge is 0.301 e. The average molecular weight is 494 g/mol. The maximum atomic E-state index is 14.0. The van der Waals surface area contributed by atoms with Crippen molar-refractivity contribution in [2.75, 3.05) is 28.9 Å². The number of halogens is 2. The van der Waals surface area contributed by atoms with Crippen LogP contribution in [0.15, 0.2) is 48.5 Å². The summed E-state index contributed by atoms with van der Waals surface area (Å²) < 4.78 is 57.1. The second-order valence-corrected chi connectivity index (χ2v) is 10.1. The molecule has 0 bridgehead atoms. The monoisotopic (exact) mass is 493 g/mol. The van der Waals surface area contributed by atoms with Crippen molar-refractivity contribution in [2.24, 2.45) is 0 Å². The van der Waals surface area contributed by atoms with Crippen LogP contribution in [0.25, 0.3) is 0 Å². The normalized spacial score (nSPS) is 15.3. The minimum absolute atomic E-state index is 0.0615. The molecule has 174 valence electrons. The van der Waals surface area contributed by atoms with Crippen LogP contribution in [-0.2, 0) is 10.2 Å². The number of carbonyl (C=O) groups is 1. The molecule has 0 radical (unpaired) electrons. The number of hydrogen-bond acceptors (Lipinski definition) is 7. The summed E-state index contributed by atoms with van der Waals surface area (Å²) in [6.07, 6.45) is 1.00. The van der Waals surface area contributed by atoms with Gasteiger partial charge in [0.05, 0.1) is 5.56 Å². The van der Waals surface area contributed by atoms with Crippen molar-refractivity contribution in [3.63, 3.8) is 0 Å². The van der Waals surface area contributed by atoms with Crippen LogP contribution in [0.5, 0.6) is 0 Å². The lowest BCUT2D eigenvalue weighted by molar-refractivity contribution is 0.103. The van der Waals surface area contributed by atoms with E-state index in [0.29, 0.717) is 23.7 Å². The van der Waals surface area contributed by atoms with Gasteiger partial charge in [-0.15, -0.1) is 0 Å². The largest absolute Gasteiger partial charge is 0.382 e. The topological polar surface area (TPSA) is 117 Å². The van der Waals surface area contributed by atoms with Gasteiger partial charge in [-0.3, -0.25) is 9.52 Å². The number of rotatable bonds is 7. The lowest BCUT2D eigenvalue weighted by Crippen LogP contribution is -2.44. The third kappa shape index (κ3) is 5.13. The summed E-state index contributed by atoms with van der Waals surface area (Å²) >= 11 is 0.907. The Morgan fingerprint density at radius 3 is 2.33 bits per heavy atom. The van der Waals surface area contributed by atoms with Gasteiger partial charge in [-0.2, -0.15) is 12.7 Å². The molecule has 3 aromatic rings. The van der Waals surface area contributed by atoms with Crippen LogP contribution in [0.4, 0.5) is 25.4 Å². The van der Waals surface area contributed by atoms with Gasteiger partial charge in [-0.25, -0.2) is 13.8 Å². The molecule has 1 aromatic heterocycles. The van der Waals surface area contributed by atoms with E-state index < -0.39 is 33.2 Å². The SMILES string of the molecule is Nc1nc(NC2CCN(S(=O)(=O)Nc3ccccc3)CC2)sc1C(=O)c1c(F)cccc1F. The molecule has 0 spiro atoms. The van der Waals surface area contributed by atoms with E-state index in [1.54, 1.807) is 30.3 Å². The number of anilines is 3. The number of nitrogens with two attached hydrogens (primary N) is 1. The number of para-hydroxylation sites is 1. The Morgan fingerprint density at radius 2 is 1.70 bits per heavy atom. The van der Waals surface area contributed by atoms with Crippen LogP contribution in [0.1, 0.15) is 28.1 Å². The molecular weight excluding hydrogens is 472 g/mol. The summed E-state index contributed by atoms with van der Waals surface area (Å²) in [5.74, 6) is -2.94. The summed E-state index contributed by atoms with van der Waals surface area (Å²) in [4.78, 5) is 16.7. The van der Waals surface area contributed by atoms with E-state index in [0.717, 1.165) is 23.5 Å². The minimum Gasteiger partial charge on any atom is -0.382 e. The van der Waals surface area contributed by atoms with Gasteiger partial charge in [0.25, 0.3) is 0 Å². The van der Waals surface area contributed by atoms with E-state index in [-0.39, 0.29) is 29.8 Å². The molecule has 1 aliphatic rings. The molecule has 33 heavy (non-hydrogen) atoms. The second kappa shape index (κ2) is 9.41. The van der Waals surface area contributed by atoms with Gasteiger partial charge in [-0.1, -0.05) is 35.6 Å². The molecule has 4 N–H and O–H groups in total. The molecule has 1 aliphatic heterocycles. The van der Waals surface area contributed by atoms with Gasteiger partial charge in [0.1, 0.15) is 22.3 Å². The molecule has 0 unspecified atom stereocenters. The van der Waals surface area contributed by atoms with Crippen molar-refractivity contribution in [1.29, 1.82) is 0 Å². The van der Waals surface area contributed by atoms with Gasteiger partial charge in [-0.05, 0) is 37.1 Å². The molecule has 2 heterocycles. The molecule has 2 aromatic carbocycles. The zero-order valence-electron chi connectivity index (χ0n) is 17.3. The Hall–Kier alpha value is -3.09. The summed E-state index contributed by atoms with van der Waals surface area (Å²) in [6.45, 7) is 0.569. The third-order valence-corrected chi connectivity index (χ3v) is 7.73. The fourth-order valence-electron chi connectivity index (χ4n) is 3.52. The number of nitrogens with one attached hydrogen (secondary N) is 2. The highest BCUT2D eigenvalue weighted by atomic mass is 32.2.